The van der Waals surface area contributed by atoms with Crippen molar-refractivity contribution in [1.29, 1.82) is 0 Å². The Bertz CT molecular complexity index is 1340. The Morgan fingerprint density at radius 1 is 0.976 bits per heavy atom. The van der Waals surface area contributed by atoms with E-state index in [0.717, 1.165) is 21.9 Å². The Kier molecular flexibility index (Phi) is 8.93. The van der Waals surface area contributed by atoms with E-state index in [1.807, 2.05) is 36.0 Å². The summed E-state index contributed by atoms with van der Waals surface area (Å²) in [5.41, 5.74) is 1.49. The van der Waals surface area contributed by atoms with Crippen LogP contribution in [-0.4, -0.2) is 67.9 Å². The molecular formula is C30H49N5O3SSi2. The molecule has 0 spiro atoms. The largest absolute Gasteiger partial charge is 0.413 e. The highest BCUT2D eigenvalue weighted by molar-refractivity contribution is 8.00. The first-order valence-electron chi connectivity index (χ1n) is 14.4. The molecule has 2 aromatic heterocycles. The highest BCUT2D eigenvalue weighted by Crippen LogP contribution is 2.52. The minimum atomic E-state index is -2.16. The second kappa shape index (κ2) is 11.4. The molecule has 1 fully saturated rings. The Morgan fingerprint density at radius 3 is 2.20 bits per heavy atom. The number of nitrogens with zero attached hydrogens (tertiary/aromatic N) is 5. The summed E-state index contributed by atoms with van der Waals surface area (Å²) in [4.78, 5) is 16.3. The minimum absolute atomic E-state index is 0.0459. The summed E-state index contributed by atoms with van der Waals surface area (Å²) >= 11 is 1.74. The molecule has 11 heteroatoms. The summed E-state index contributed by atoms with van der Waals surface area (Å²) in [6, 6.07) is 10.5. The number of hydrogen-bond acceptors (Lipinski definition) is 8. The fourth-order valence-corrected chi connectivity index (χ4v) is 8.07. The predicted molar refractivity (Wildman–Crippen MR) is 175 cm³/mol. The highest BCUT2D eigenvalue weighted by Gasteiger charge is 2.53. The zero-order valence-corrected chi connectivity index (χ0v) is 29.8. The molecule has 0 saturated carbocycles. The smallest absolute Gasteiger partial charge is 0.192 e. The van der Waals surface area contributed by atoms with Gasteiger partial charge in [-0.3, -0.25) is 4.57 Å². The van der Waals surface area contributed by atoms with E-state index in [4.69, 9.17) is 18.6 Å². The molecule has 8 nitrogen and oxygen atoms in total. The fourth-order valence-electron chi connectivity index (χ4n) is 4.39. The van der Waals surface area contributed by atoms with Crippen LogP contribution in [0.3, 0.4) is 0 Å². The normalized spacial score (nSPS) is 22.4. The van der Waals surface area contributed by atoms with Gasteiger partial charge in [-0.1, -0.05) is 71.5 Å². The minimum Gasteiger partial charge on any atom is -0.413 e. The van der Waals surface area contributed by atoms with E-state index in [0.29, 0.717) is 13.0 Å². The summed E-state index contributed by atoms with van der Waals surface area (Å²) < 4.78 is 23.3. The zero-order chi connectivity index (χ0) is 30.4. The van der Waals surface area contributed by atoms with Crippen molar-refractivity contribution in [3.8, 4) is 0 Å². The molecular weight excluding hydrogens is 567 g/mol. The van der Waals surface area contributed by atoms with Crippen LogP contribution in [0.15, 0.2) is 47.9 Å². The second-order valence-corrected chi connectivity index (χ2v) is 25.4. The molecule has 1 aromatic carbocycles. The van der Waals surface area contributed by atoms with Crippen LogP contribution in [0.1, 0.15) is 54.2 Å². The Balaban J connectivity index is 1.81. The van der Waals surface area contributed by atoms with Gasteiger partial charge in [-0.25, -0.2) is 15.0 Å². The zero-order valence-electron chi connectivity index (χ0n) is 27.0. The molecule has 41 heavy (non-hydrogen) atoms. The van der Waals surface area contributed by atoms with Crippen LogP contribution in [0.2, 0.25) is 36.3 Å². The molecule has 226 valence electrons. The monoisotopic (exact) mass is 615 g/mol. The van der Waals surface area contributed by atoms with Crippen LogP contribution in [0.5, 0.6) is 0 Å². The summed E-state index contributed by atoms with van der Waals surface area (Å²) in [5, 5.41) is 0.130. The number of aromatic nitrogens is 4. The molecule has 0 aliphatic carbocycles. The summed E-state index contributed by atoms with van der Waals surface area (Å²) in [7, 11) is -0.282. The van der Waals surface area contributed by atoms with Crippen molar-refractivity contribution < 1.29 is 13.6 Å². The third-order valence-corrected chi connectivity index (χ3v) is 19.2. The number of imidazole rings is 1. The van der Waals surface area contributed by atoms with E-state index in [9.17, 15) is 0 Å². The Hall–Kier alpha value is -1.77. The summed E-state index contributed by atoms with van der Waals surface area (Å²) in [6.07, 6.45) is 3.49. The molecule has 1 aliphatic rings. The molecule has 4 rings (SSSR count). The van der Waals surface area contributed by atoms with Gasteiger partial charge in [0.25, 0.3) is 0 Å². The lowest BCUT2D eigenvalue weighted by Gasteiger charge is -2.40. The molecule has 3 heterocycles. The molecule has 0 bridgehead atoms. The van der Waals surface area contributed by atoms with Crippen LogP contribution in [0, 0.1) is 0 Å². The van der Waals surface area contributed by atoms with Crippen LogP contribution >= 0.6 is 11.8 Å². The first kappa shape index (κ1) is 32.2. The van der Waals surface area contributed by atoms with E-state index >= 15 is 0 Å². The van der Waals surface area contributed by atoms with Gasteiger partial charge in [0.05, 0.1) is 19.0 Å². The molecule has 3 aromatic rings. The van der Waals surface area contributed by atoms with Crippen LogP contribution in [-0.2, 0) is 13.6 Å². The second-order valence-electron chi connectivity index (χ2n) is 14.4. The quantitative estimate of drug-likeness (QED) is 0.227. The first-order valence-corrected chi connectivity index (χ1v) is 21.1. The predicted octanol–water partition coefficient (Wildman–Crippen LogP) is 7.71. The van der Waals surface area contributed by atoms with E-state index in [1.165, 1.54) is 0 Å². The molecule has 0 unspecified atom stereocenters. The molecule has 0 N–H and O–H groups in total. The van der Waals surface area contributed by atoms with E-state index in [1.54, 1.807) is 18.1 Å². The number of fused-ring (bicyclic) bond motifs is 1. The number of hydrogen-bond donors (Lipinski definition) is 0. The maximum Gasteiger partial charge on any atom is 0.192 e. The maximum absolute atomic E-state index is 7.19. The molecule has 0 amide bonds. The number of thioether (sulfide) groups is 1. The van der Waals surface area contributed by atoms with Gasteiger partial charge in [0.1, 0.15) is 11.3 Å². The van der Waals surface area contributed by atoms with E-state index in [-0.39, 0.29) is 16.2 Å². The number of benzene rings is 1. The Labute approximate surface area is 252 Å². The third kappa shape index (κ3) is 6.75. The van der Waals surface area contributed by atoms with E-state index < -0.39 is 27.8 Å². The number of anilines is 1. The average Bonchev–Trinajstić information content (AvgIpc) is 3.43. The van der Waals surface area contributed by atoms with Crippen molar-refractivity contribution in [2.24, 2.45) is 0 Å². The first-order chi connectivity index (χ1) is 18.9. The van der Waals surface area contributed by atoms with Crippen molar-refractivity contribution >= 4 is 45.4 Å². The van der Waals surface area contributed by atoms with Gasteiger partial charge >= 0.3 is 0 Å². The lowest BCUT2D eigenvalue weighted by Crippen LogP contribution is -2.46. The van der Waals surface area contributed by atoms with Crippen molar-refractivity contribution in [2.75, 3.05) is 25.6 Å². The topological polar surface area (TPSA) is 74.5 Å². The lowest BCUT2D eigenvalue weighted by atomic mass is 10.2. The van der Waals surface area contributed by atoms with Gasteiger partial charge in [-0.2, -0.15) is 0 Å². The van der Waals surface area contributed by atoms with Gasteiger partial charge in [0.15, 0.2) is 39.8 Å². The standard InChI is InChI=1S/C30H49N5O3SSi2/c1-28(2,3)40(9,10)36-19-30(39-22-16-14-13-15-17-22)18-23(38-41(11,12)29(4,5)6)27(37-30)35-21-33-24-25(34(7)8)31-20-32-26(24)35/h13-17,20-21,23,27H,18-19H2,1-12H3/t23-,27-,30-/m1/s1. The van der Waals surface area contributed by atoms with Crippen molar-refractivity contribution in [3.05, 3.63) is 43.0 Å². The molecule has 3 atom stereocenters. The Morgan fingerprint density at radius 2 is 1.61 bits per heavy atom. The van der Waals surface area contributed by atoms with Crippen LogP contribution in [0.4, 0.5) is 5.82 Å². The molecule has 1 saturated heterocycles. The van der Waals surface area contributed by atoms with Crippen molar-refractivity contribution in [1.82, 2.24) is 19.5 Å². The number of ether oxygens (including phenoxy) is 1. The maximum atomic E-state index is 7.19. The van der Waals surface area contributed by atoms with Crippen LogP contribution < -0.4 is 4.90 Å². The summed E-state index contributed by atoms with van der Waals surface area (Å²) in [5.74, 6) is 0.778. The highest BCUT2D eigenvalue weighted by atomic mass is 32.2. The SMILES string of the molecule is CN(C)c1ncnc2c1ncn2[C@@H]1O[C@@](CO[Si](C)(C)C(C)(C)C)(Sc2ccccc2)C[C@H]1O[Si](C)(C)C(C)(C)C. The van der Waals surface area contributed by atoms with Gasteiger partial charge in [0, 0.05) is 25.4 Å². The van der Waals surface area contributed by atoms with Crippen molar-refractivity contribution in [3.63, 3.8) is 0 Å². The lowest BCUT2D eigenvalue weighted by molar-refractivity contribution is -0.0595. The van der Waals surface area contributed by atoms with Crippen molar-refractivity contribution in [2.45, 2.75) is 106 Å². The van der Waals surface area contributed by atoms with E-state index in [2.05, 4.69) is 102 Å². The average molecular weight is 616 g/mol. The molecule has 1 aliphatic heterocycles. The third-order valence-electron chi connectivity index (χ3n) is 8.96. The van der Waals surface area contributed by atoms with Gasteiger partial charge in [0.2, 0.25) is 0 Å². The van der Waals surface area contributed by atoms with Crippen LogP contribution in [0.25, 0.3) is 11.2 Å². The van der Waals surface area contributed by atoms with Gasteiger partial charge in [-0.05, 0) is 48.4 Å². The fraction of sp³-hybridized carbons (Fsp3) is 0.633. The van der Waals surface area contributed by atoms with Gasteiger partial charge in [-0.15, -0.1) is 0 Å². The number of rotatable bonds is 9. The molecule has 0 radical (unpaired) electrons. The summed E-state index contributed by atoms with van der Waals surface area (Å²) in [6.45, 7) is 23.3. The van der Waals surface area contributed by atoms with Gasteiger partial charge < -0.3 is 18.5 Å².